The van der Waals surface area contributed by atoms with Crippen molar-refractivity contribution in [2.75, 3.05) is 13.1 Å². The van der Waals surface area contributed by atoms with Gasteiger partial charge in [0.1, 0.15) is 0 Å². The van der Waals surface area contributed by atoms with Crippen LogP contribution in [0.4, 0.5) is 0 Å². The van der Waals surface area contributed by atoms with Gasteiger partial charge < -0.3 is 9.47 Å². The number of imidazole rings is 1. The van der Waals surface area contributed by atoms with Gasteiger partial charge in [-0.1, -0.05) is 6.92 Å². The molecule has 1 atom stereocenters. The van der Waals surface area contributed by atoms with Crippen molar-refractivity contribution in [2.45, 2.75) is 39.2 Å². The molecule has 0 bridgehead atoms. The highest BCUT2D eigenvalue weighted by Crippen LogP contribution is 2.17. The van der Waals surface area contributed by atoms with Crippen LogP contribution in [0.1, 0.15) is 32.6 Å². The van der Waals surface area contributed by atoms with Crippen molar-refractivity contribution in [2.24, 2.45) is 20.0 Å². The summed E-state index contributed by atoms with van der Waals surface area (Å²) in [6.07, 6.45) is 4.93. The highest BCUT2D eigenvalue weighted by atomic mass is 16.2. The average Bonchev–Trinajstić information content (AvgIpc) is 3.02. The molecule has 8 nitrogen and oxygen atoms in total. The lowest BCUT2D eigenvalue weighted by molar-refractivity contribution is -0.133. The van der Waals surface area contributed by atoms with E-state index in [0.29, 0.717) is 36.5 Å². The zero-order valence-electron chi connectivity index (χ0n) is 15.1. The summed E-state index contributed by atoms with van der Waals surface area (Å²) in [5.74, 6) is 0.746. The minimum atomic E-state index is -0.392. The Hall–Kier alpha value is -2.38. The fourth-order valence-corrected chi connectivity index (χ4v) is 3.54. The van der Waals surface area contributed by atoms with Gasteiger partial charge in [-0.25, -0.2) is 9.78 Å². The number of hydrogen-bond donors (Lipinski definition) is 0. The Balaban J connectivity index is 1.71. The highest BCUT2D eigenvalue weighted by Gasteiger charge is 2.20. The first-order valence-electron chi connectivity index (χ1n) is 8.78. The molecule has 1 aliphatic heterocycles. The minimum absolute atomic E-state index is 0.177. The maximum Gasteiger partial charge on any atom is 0.332 e. The van der Waals surface area contributed by atoms with Crippen LogP contribution in [0.3, 0.4) is 0 Å². The van der Waals surface area contributed by atoms with Gasteiger partial charge in [0, 0.05) is 40.2 Å². The topological polar surface area (TPSA) is 82.1 Å². The van der Waals surface area contributed by atoms with E-state index >= 15 is 0 Å². The molecule has 2 aromatic heterocycles. The lowest BCUT2D eigenvalue weighted by Gasteiger charge is -2.31. The van der Waals surface area contributed by atoms with E-state index in [0.717, 1.165) is 24.1 Å². The van der Waals surface area contributed by atoms with Crippen molar-refractivity contribution in [1.82, 2.24) is 23.6 Å². The third-order valence-corrected chi connectivity index (χ3v) is 5.02. The summed E-state index contributed by atoms with van der Waals surface area (Å²) in [7, 11) is 3.06. The SMILES string of the molecule is CC1CCCN(C(=O)CCCn2cnc3c2c(=O)n(C)c(=O)n3C)C1. The largest absolute Gasteiger partial charge is 0.342 e. The van der Waals surface area contributed by atoms with E-state index in [9.17, 15) is 14.4 Å². The van der Waals surface area contributed by atoms with E-state index < -0.39 is 5.69 Å². The van der Waals surface area contributed by atoms with E-state index in [1.807, 2.05) is 4.90 Å². The number of aryl methyl sites for hydroxylation is 2. The Kier molecular flexibility index (Phi) is 4.78. The Morgan fingerprint density at radius 1 is 1.28 bits per heavy atom. The fraction of sp³-hybridized carbons (Fsp3) is 0.647. The number of aromatic nitrogens is 4. The number of fused-ring (bicyclic) bond motifs is 1. The van der Waals surface area contributed by atoms with Gasteiger partial charge in [-0.3, -0.25) is 18.7 Å². The quantitative estimate of drug-likeness (QED) is 0.805. The smallest absolute Gasteiger partial charge is 0.332 e. The number of piperidine rings is 1. The van der Waals surface area contributed by atoms with Crippen LogP contribution in [0.2, 0.25) is 0 Å². The van der Waals surface area contributed by atoms with Crippen molar-refractivity contribution in [1.29, 1.82) is 0 Å². The van der Waals surface area contributed by atoms with Crippen LogP contribution in [-0.2, 0) is 25.4 Å². The van der Waals surface area contributed by atoms with Crippen LogP contribution in [-0.4, -0.2) is 42.6 Å². The number of hydrogen-bond acceptors (Lipinski definition) is 4. The molecular weight excluding hydrogens is 322 g/mol. The number of carbonyl (C=O) groups excluding carboxylic acids is 1. The second-order valence-corrected chi connectivity index (χ2v) is 7.01. The van der Waals surface area contributed by atoms with E-state index in [2.05, 4.69) is 11.9 Å². The van der Waals surface area contributed by atoms with Gasteiger partial charge in [-0.15, -0.1) is 0 Å². The molecule has 1 unspecified atom stereocenters. The third kappa shape index (κ3) is 3.25. The number of likely N-dealkylation sites (tertiary alicyclic amines) is 1. The summed E-state index contributed by atoms with van der Waals surface area (Å²) in [5, 5.41) is 0. The summed E-state index contributed by atoms with van der Waals surface area (Å²) in [5.41, 5.74) is 0.0388. The molecule has 8 heteroatoms. The number of nitrogens with zero attached hydrogens (tertiary/aromatic N) is 5. The molecule has 136 valence electrons. The highest BCUT2D eigenvalue weighted by molar-refractivity contribution is 5.76. The number of rotatable bonds is 4. The molecule has 3 rings (SSSR count). The lowest BCUT2D eigenvalue weighted by Crippen LogP contribution is -2.39. The van der Waals surface area contributed by atoms with Gasteiger partial charge in [0.05, 0.1) is 6.33 Å². The molecule has 1 saturated heterocycles. The Labute approximate surface area is 145 Å². The van der Waals surface area contributed by atoms with Gasteiger partial charge >= 0.3 is 5.69 Å². The monoisotopic (exact) mass is 347 g/mol. The van der Waals surface area contributed by atoms with Crippen molar-refractivity contribution in [3.05, 3.63) is 27.2 Å². The molecule has 1 fully saturated rings. The van der Waals surface area contributed by atoms with Crippen LogP contribution < -0.4 is 11.2 Å². The Bertz CT molecular complexity index is 907. The maximum atomic E-state index is 12.4. The average molecular weight is 347 g/mol. The van der Waals surface area contributed by atoms with Gasteiger partial charge in [0.2, 0.25) is 5.91 Å². The molecule has 0 spiro atoms. The van der Waals surface area contributed by atoms with Gasteiger partial charge in [-0.2, -0.15) is 0 Å². The summed E-state index contributed by atoms with van der Waals surface area (Å²) >= 11 is 0. The molecule has 25 heavy (non-hydrogen) atoms. The third-order valence-electron chi connectivity index (χ3n) is 5.02. The zero-order valence-corrected chi connectivity index (χ0v) is 15.1. The second kappa shape index (κ2) is 6.85. The van der Waals surface area contributed by atoms with Gasteiger partial charge in [0.15, 0.2) is 11.2 Å². The molecule has 0 aliphatic carbocycles. The van der Waals surface area contributed by atoms with Crippen LogP contribution >= 0.6 is 0 Å². The summed E-state index contributed by atoms with van der Waals surface area (Å²) in [6.45, 7) is 4.39. The molecule has 1 aliphatic rings. The minimum Gasteiger partial charge on any atom is -0.342 e. The van der Waals surface area contributed by atoms with Crippen LogP contribution in [0.5, 0.6) is 0 Å². The molecule has 3 heterocycles. The molecular formula is C17H25N5O3. The molecule has 0 aromatic carbocycles. The van der Waals surface area contributed by atoms with Gasteiger partial charge in [-0.05, 0) is 25.2 Å². The second-order valence-electron chi connectivity index (χ2n) is 7.01. The van der Waals surface area contributed by atoms with E-state index in [1.54, 1.807) is 17.9 Å². The predicted molar refractivity (Wildman–Crippen MR) is 94.4 cm³/mol. The lowest BCUT2D eigenvalue weighted by atomic mass is 10.00. The fourth-order valence-electron chi connectivity index (χ4n) is 3.54. The Morgan fingerprint density at radius 3 is 2.76 bits per heavy atom. The summed E-state index contributed by atoms with van der Waals surface area (Å²) < 4.78 is 4.19. The molecule has 1 amide bonds. The number of carbonyl (C=O) groups is 1. The molecule has 0 saturated carbocycles. The normalized spacial score (nSPS) is 18.0. The van der Waals surface area contributed by atoms with Gasteiger partial charge in [0.25, 0.3) is 5.56 Å². The Morgan fingerprint density at radius 2 is 2.04 bits per heavy atom. The summed E-state index contributed by atoms with van der Waals surface area (Å²) in [6, 6.07) is 0. The van der Waals surface area contributed by atoms with Crippen LogP contribution in [0.25, 0.3) is 11.2 Å². The molecule has 2 aromatic rings. The van der Waals surface area contributed by atoms with E-state index in [4.69, 9.17) is 0 Å². The van der Waals surface area contributed by atoms with E-state index in [1.165, 1.54) is 18.0 Å². The predicted octanol–water partition coefficient (Wildman–Crippen LogP) is 0.472. The first kappa shape index (κ1) is 17.4. The standard InChI is InChI=1S/C17H25N5O3/c1-12-6-4-8-21(10-12)13(23)7-5-9-22-11-18-15-14(22)16(24)20(3)17(25)19(15)2/h11-12H,4-10H2,1-3H3. The summed E-state index contributed by atoms with van der Waals surface area (Å²) in [4.78, 5) is 42.8. The van der Waals surface area contributed by atoms with Crippen LogP contribution in [0, 0.1) is 5.92 Å². The first-order chi connectivity index (χ1) is 11.9. The number of amides is 1. The molecule has 0 N–H and O–H groups in total. The van der Waals surface area contributed by atoms with Crippen molar-refractivity contribution in [3.8, 4) is 0 Å². The van der Waals surface area contributed by atoms with E-state index in [-0.39, 0.29) is 11.5 Å². The van der Waals surface area contributed by atoms with Crippen molar-refractivity contribution < 1.29 is 4.79 Å². The van der Waals surface area contributed by atoms with Crippen molar-refractivity contribution >= 4 is 17.1 Å². The first-order valence-corrected chi connectivity index (χ1v) is 8.78. The maximum absolute atomic E-state index is 12.4. The zero-order chi connectivity index (χ0) is 18.1. The van der Waals surface area contributed by atoms with Crippen molar-refractivity contribution in [3.63, 3.8) is 0 Å². The van der Waals surface area contributed by atoms with Crippen LogP contribution in [0.15, 0.2) is 15.9 Å². The molecule has 0 radical (unpaired) electrons.